The van der Waals surface area contributed by atoms with Gasteiger partial charge in [0.2, 0.25) is 0 Å². The van der Waals surface area contributed by atoms with Gasteiger partial charge < -0.3 is 27.4 Å². The van der Waals surface area contributed by atoms with Crippen LogP contribution in [0.4, 0.5) is 27.4 Å². The molecule has 9 heteroatoms. The molecule has 0 aliphatic heterocycles. The lowest BCUT2D eigenvalue weighted by Gasteiger charge is -2.30. The van der Waals surface area contributed by atoms with E-state index < -0.39 is 11.7 Å². The third kappa shape index (κ3) is 5.20. The smallest absolute Gasteiger partial charge is 0.252 e. The summed E-state index contributed by atoms with van der Waals surface area (Å²) in [7, 11) is 1.86. The Kier molecular flexibility index (Phi) is 6.69. The maximum absolute atomic E-state index is 14.7. The van der Waals surface area contributed by atoms with E-state index in [2.05, 4.69) is 25.9 Å². The summed E-state index contributed by atoms with van der Waals surface area (Å²) in [5.41, 5.74) is 15.1. The summed E-state index contributed by atoms with van der Waals surface area (Å²) in [5, 5.41) is 9.28. The zero-order valence-electron chi connectivity index (χ0n) is 18.4. The number of nitrogens with one attached hydrogen (secondary N) is 3. The normalized spacial score (nSPS) is 17.9. The van der Waals surface area contributed by atoms with E-state index in [4.69, 9.17) is 11.5 Å². The molecule has 1 aliphatic carbocycles. The molecule has 4 rings (SSSR count). The fourth-order valence-electron chi connectivity index (χ4n) is 4.02. The van der Waals surface area contributed by atoms with E-state index in [1.54, 1.807) is 12.4 Å². The minimum absolute atomic E-state index is 0.0385. The molecule has 3 aromatic rings. The first kappa shape index (κ1) is 22.5. The number of amides is 1. The predicted octanol–water partition coefficient (Wildman–Crippen LogP) is 3.85. The molecular weight excluding hydrogens is 421 g/mol. The summed E-state index contributed by atoms with van der Waals surface area (Å²) >= 11 is 0. The average Bonchev–Trinajstić information content (AvgIpc) is 2.82. The first-order valence-corrected chi connectivity index (χ1v) is 11.0. The highest BCUT2D eigenvalue weighted by atomic mass is 19.1. The Hall–Kier alpha value is -3.72. The van der Waals surface area contributed by atoms with Crippen LogP contribution in [0, 0.1) is 5.82 Å². The Morgan fingerprint density at radius 1 is 1.03 bits per heavy atom. The largest absolute Gasteiger partial charge is 0.388 e. The van der Waals surface area contributed by atoms with Crippen LogP contribution in [-0.2, 0) is 0 Å². The van der Waals surface area contributed by atoms with Crippen molar-refractivity contribution in [1.29, 1.82) is 0 Å². The van der Waals surface area contributed by atoms with Crippen LogP contribution in [0.3, 0.4) is 0 Å². The number of carbonyl (C=O) groups excluding carboxylic acids is 1. The minimum Gasteiger partial charge on any atom is -0.388 e. The number of aromatic nitrogens is 2. The van der Waals surface area contributed by atoms with Gasteiger partial charge in [-0.15, -0.1) is 0 Å². The second-order valence-electron chi connectivity index (χ2n) is 8.19. The number of carbonyl (C=O) groups is 1. The molecule has 0 radical (unpaired) electrons. The van der Waals surface area contributed by atoms with Crippen molar-refractivity contribution < 1.29 is 9.18 Å². The summed E-state index contributed by atoms with van der Waals surface area (Å²) in [6.45, 7) is 0. The van der Waals surface area contributed by atoms with Crippen molar-refractivity contribution in [2.75, 3.05) is 23.0 Å². The standard InChI is InChI=1S/C24H28FN7O/c1-28-16-8-6-14(7-9-16)15-10-17(13-29-12-15)30-23-18(22(27)33)11-19(25)24(32-23)31-21-5-3-2-4-20(21)26/h6-13,20-21,28H,2-5,26H2,1H3,(H2,27,33)(H2,30,31,32)/t20-,21+/m0/s1. The van der Waals surface area contributed by atoms with Crippen LogP contribution in [0.15, 0.2) is 48.8 Å². The van der Waals surface area contributed by atoms with Crippen LogP contribution >= 0.6 is 0 Å². The molecule has 1 fully saturated rings. The molecule has 2 heterocycles. The molecule has 7 N–H and O–H groups in total. The SMILES string of the molecule is CNc1ccc(-c2cncc(Nc3nc(N[C@@H]4CCCC[C@@H]4N)c(F)cc3C(N)=O)c2)cc1. The van der Waals surface area contributed by atoms with E-state index in [-0.39, 0.29) is 29.3 Å². The molecule has 8 nitrogen and oxygen atoms in total. The zero-order chi connectivity index (χ0) is 23.4. The van der Waals surface area contributed by atoms with Gasteiger partial charge in [-0.05, 0) is 42.7 Å². The summed E-state index contributed by atoms with van der Waals surface area (Å²) in [6, 6.07) is 10.7. The third-order valence-corrected chi connectivity index (χ3v) is 5.89. The fraction of sp³-hybridized carbons (Fsp3) is 0.292. The molecule has 1 saturated carbocycles. The fourth-order valence-corrected chi connectivity index (χ4v) is 4.02. The van der Waals surface area contributed by atoms with Gasteiger partial charge in [-0.25, -0.2) is 9.37 Å². The Labute approximate surface area is 192 Å². The monoisotopic (exact) mass is 449 g/mol. The number of pyridine rings is 2. The number of primary amides is 1. The van der Waals surface area contributed by atoms with Crippen LogP contribution in [0.1, 0.15) is 36.0 Å². The van der Waals surface area contributed by atoms with Gasteiger partial charge in [0, 0.05) is 36.6 Å². The number of anilines is 4. The summed E-state index contributed by atoms with van der Waals surface area (Å²) in [5.74, 6) is -1.24. The Morgan fingerprint density at radius 3 is 2.48 bits per heavy atom. The van der Waals surface area contributed by atoms with Gasteiger partial charge in [0.25, 0.3) is 5.91 Å². The van der Waals surface area contributed by atoms with E-state index in [1.165, 1.54) is 0 Å². The Morgan fingerprint density at radius 2 is 1.79 bits per heavy atom. The van der Waals surface area contributed by atoms with Gasteiger partial charge in [-0.3, -0.25) is 9.78 Å². The Bertz CT molecular complexity index is 1140. The van der Waals surface area contributed by atoms with Crippen molar-refractivity contribution in [2.45, 2.75) is 37.8 Å². The van der Waals surface area contributed by atoms with Crippen LogP contribution in [0.25, 0.3) is 11.1 Å². The summed E-state index contributed by atoms with van der Waals surface area (Å²) in [4.78, 5) is 20.6. The maximum Gasteiger partial charge on any atom is 0.252 e. The Balaban J connectivity index is 1.63. The molecule has 2 atom stereocenters. The molecule has 0 saturated heterocycles. The lowest BCUT2D eigenvalue weighted by atomic mass is 9.91. The van der Waals surface area contributed by atoms with Crippen molar-refractivity contribution in [3.63, 3.8) is 0 Å². The van der Waals surface area contributed by atoms with Crippen LogP contribution < -0.4 is 27.4 Å². The highest BCUT2D eigenvalue weighted by Gasteiger charge is 2.24. The van der Waals surface area contributed by atoms with E-state index in [1.807, 2.05) is 37.4 Å². The molecule has 0 unspecified atom stereocenters. The second-order valence-corrected chi connectivity index (χ2v) is 8.19. The lowest BCUT2D eigenvalue weighted by Crippen LogP contribution is -2.43. The first-order valence-electron chi connectivity index (χ1n) is 11.0. The average molecular weight is 450 g/mol. The molecule has 0 bridgehead atoms. The van der Waals surface area contributed by atoms with Crippen LogP contribution in [-0.4, -0.2) is 35.0 Å². The number of halogens is 1. The molecule has 2 aromatic heterocycles. The van der Waals surface area contributed by atoms with Crippen molar-refractivity contribution in [1.82, 2.24) is 9.97 Å². The molecule has 1 amide bonds. The van der Waals surface area contributed by atoms with Crippen molar-refractivity contribution in [3.8, 4) is 11.1 Å². The van der Waals surface area contributed by atoms with E-state index in [0.29, 0.717) is 5.69 Å². The van der Waals surface area contributed by atoms with Gasteiger partial charge in [0.15, 0.2) is 11.6 Å². The minimum atomic E-state index is -0.781. The van der Waals surface area contributed by atoms with Crippen LogP contribution in [0.2, 0.25) is 0 Å². The second kappa shape index (κ2) is 9.83. The number of hydrogen-bond acceptors (Lipinski definition) is 7. The summed E-state index contributed by atoms with van der Waals surface area (Å²) < 4.78 is 14.7. The molecule has 33 heavy (non-hydrogen) atoms. The zero-order valence-corrected chi connectivity index (χ0v) is 18.4. The molecule has 0 spiro atoms. The summed E-state index contributed by atoms with van der Waals surface area (Å²) in [6.07, 6.45) is 7.13. The molecule has 1 aliphatic rings. The molecular formula is C24H28FN7O. The lowest BCUT2D eigenvalue weighted by molar-refractivity contribution is 0.100. The first-order chi connectivity index (χ1) is 15.9. The highest BCUT2D eigenvalue weighted by molar-refractivity contribution is 5.98. The number of hydrogen-bond donors (Lipinski definition) is 5. The van der Waals surface area contributed by atoms with Crippen LogP contribution in [0.5, 0.6) is 0 Å². The van der Waals surface area contributed by atoms with Crippen molar-refractivity contribution in [2.24, 2.45) is 11.5 Å². The van der Waals surface area contributed by atoms with Crippen molar-refractivity contribution >= 4 is 28.9 Å². The van der Waals surface area contributed by atoms with Gasteiger partial charge in [-0.1, -0.05) is 25.0 Å². The topological polar surface area (TPSA) is 131 Å². The maximum atomic E-state index is 14.7. The van der Waals surface area contributed by atoms with Gasteiger partial charge in [0.1, 0.15) is 5.82 Å². The number of benzene rings is 1. The predicted molar refractivity (Wildman–Crippen MR) is 129 cm³/mol. The molecule has 1 aromatic carbocycles. The third-order valence-electron chi connectivity index (χ3n) is 5.89. The van der Waals surface area contributed by atoms with Gasteiger partial charge in [0.05, 0.1) is 17.4 Å². The van der Waals surface area contributed by atoms with Crippen molar-refractivity contribution in [3.05, 3.63) is 60.2 Å². The van der Waals surface area contributed by atoms with E-state index >= 15 is 0 Å². The van der Waals surface area contributed by atoms with E-state index in [9.17, 15) is 9.18 Å². The number of nitrogens with zero attached hydrogens (tertiary/aromatic N) is 2. The quantitative estimate of drug-likeness (QED) is 0.370. The number of rotatable bonds is 7. The van der Waals surface area contributed by atoms with Gasteiger partial charge >= 0.3 is 0 Å². The highest BCUT2D eigenvalue weighted by Crippen LogP contribution is 2.28. The van der Waals surface area contributed by atoms with E-state index in [0.717, 1.165) is 48.6 Å². The van der Waals surface area contributed by atoms with Gasteiger partial charge in [-0.2, -0.15) is 0 Å². The number of nitrogens with two attached hydrogens (primary N) is 2. The molecule has 172 valence electrons.